The summed E-state index contributed by atoms with van der Waals surface area (Å²) in [5, 5.41) is 0.766. The van der Waals surface area contributed by atoms with E-state index in [1.165, 1.54) is 11.3 Å². The summed E-state index contributed by atoms with van der Waals surface area (Å²) in [5.41, 5.74) is 3.48. The SMILES string of the molecule is COc1ccc(-c2nc(C)c(C(=O)N(C)c3ccc(Br)cc3C)s2)cc1OC. The number of nitrogens with zero attached hydrogens (tertiary/aromatic N) is 2. The highest BCUT2D eigenvalue weighted by molar-refractivity contribution is 9.10. The van der Waals surface area contributed by atoms with Crippen molar-refractivity contribution in [2.45, 2.75) is 13.8 Å². The van der Waals surface area contributed by atoms with Crippen molar-refractivity contribution in [3.63, 3.8) is 0 Å². The Morgan fingerprint density at radius 2 is 1.79 bits per heavy atom. The van der Waals surface area contributed by atoms with Crippen LogP contribution in [0.15, 0.2) is 40.9 Å². The third-order valence-corrected chi connectivity index (χ3v) is 6.13. The first-order valence-electron chi connectivity index (χ1n) is 8.59. The highest BCUT2D eigenvalue weighted by Crippen LogP contribution is 2.35. The van der Waals surface area contributed by atoms with Gasteiger partial charge in [0.1, 0.15) is 9.88 Å². The van der Waals surface area contributed by atoms with Crippen LogP contribution in [0, 0.1) is 13.8 Å². The number of carbonyl (C=O) groups excluding carboxylic acids is 1. The van der Waals surface area contributed by atoms with Crippen molar-refractivity contribution >= 4 is 38.9 Å². The van der Waals surface area contributed by atoms with Gasteiger partial charge < -0.3 is 14.4 Å². The lowest BCUT2D eigenvalue weighted by molar-refractivity contribution is 0.0996. The zero-order chi connectivity index (χ0) is 20.4. The van der Waals surface area contributed by atoms with E-state index in [-0.39, 0.29) is 5.91 Å². The van der Waals surface area contributed by atoms with Gasteiger partial charge in [0.2, 0.25) is 0 Å². The average molecular weight is 461 g/mol. The number of methoxy groups -OCH3 is 2. The van der Waals surface area contributed by atoms with E-state index < -0.39 is 0 Å². The molecule has 0 aliphatic carbocycles. The minimum atomic E-state index is -0.0767. The number of halogens is 1. The molecule has 3 aromatic rings. The lowest BCUT2D eigenvalue weighted by Crippen LogP contribution is -2.26. The molecule has 0 unspecified atom stereocenters. The second-order valence-corrected chi connectivity index (χ2v) is 8.21. The highest BCUT2D eigenvalue weighted by Gasteiger charge is 2.22. The molecule has 7 heteroatoms. The van der Waals surface area contributed by atoms with Gasteiger partial charge in [-0.15, -0.1) is 11.3 Å². The van der Waals surface area contributed by atoms with Crippen LogP contribution in [0.3, 0.4) is 0 Å². The molecular formula is C21H21BrN2O3S. The molecule has 5 nitrogen and oxygen atoms in total. The van der Waals surface area contributed by atoms with Crippen LogP contribution >= 0.6 is 27.3 Å². The molecule has 1 amide bonds. The van der Waals surface area contributed by atoms with Crippen molar-refractivity contribution in [2.75, 3.05) is 26.2 Å². The molecule has 0 bridgehead atoms. The summed E-state index contributed by atoms with van der Waals surface area (Å²) in [5.74, 6) is 1.21. The molecule has 0 N–H and O–H groups in total. The Morgan fingerprint density at radius 1 is 1.07 bits per heavy atom. The Bertz CT molecular complexity index is 1030. The number of carbonyl (C=O) groups is 1. The van der Waals surface area contributed by atoms with Crippen LogP contribution in [0.4, 0.5) is 5.69 Å². The first kappa shape index (κ1) is 20.4. The Morgan fingerprint density at radius 3 is 2.43 bits per heavy atom. The van der Waals surface area contributed by atoms with Gasteiger partial charge in [0.25, 0.3) is 5.91 Å². The zero-order valence-electron chi connectivity index (χ0n) is 16.4. The molecule has 0 fully saturated rings. The molecule has 146 valence electrons. The summed E-state index contributed by atoms with van der Waals surface area (Å²) >= 11 is 4.84. The molecule has 0 aliphatic rings. The monoisotopic (exact) mass is 460 g/mol. The summed E-state index contributed by atoms with van der Waals surface area (Å²) in [6.07, 6.45) is 0. The second-order valence-electron chi connectivity index (χ2n) is 6.30. The summed E-state index contributed by atoms with van der Waals surface area (Å²) in [6.45, 7) is 3.84. The number of benzene rings is 2. The van der Waals surface area contributed by atoms with Gasteiger partial charge in [0, 0.05) is 22.8 Å². The first-order valence-corrected chi connectivity index (χ1v) is 10.2. The third kappa shape index (κ3) is 3.91. The van der Waals surface area contributed by atoms with Crippen molar-refractivity contribution in [3.8, 4) is 22.1 Å². The van der Waals surface area contributed by atoms with Crippen molar-refractivity contribution in [1.29, 1.82) is 0 Å². The summed E-state index contributed by atoms with van der Waals surface area (Å²) in [6, 6.07) is 11.5. The van der Waals surface area contributed by atoms with Crippen molar-refractivity contribution < 1.29 is 14.3 Å². The lowest BCUT2D eigenvalue weighted by atomic mass is 10.2. The van der Waals surface area contributed by atoms with Gasteiger partial charge in [0.15, 0.2) is 11.5 Å². The number of aromatic nitrogens is 1. The van der Waals surface area contributed by atoms with Gasteiger partial charge in [-0.05, 0) is 55.8 Å². The largest absolute Gasteiger partial charge is 0.493 e. The summed E-state index contributed by atoms with van der Waals surface area (Å²) in [7, 11) is 4.98. The predicted molar refractivity (Wildman–Crippen MR) is 117 cm³/mol. The van der Waals surface area contributed by atoms with E-state index in [9.17, 15) is 4.79 Å². The van der Waals surface area contributed by atoms with Gasteiger partial charge in [0.05, 0.1) is 19.9 Å². The van der Waals surface area contributed by atoms with Crippen molar-refractivity contribution in [3.05, 3.63) is 57.0 Å². The molecule has 1 heterocycles. The number of anilines is 1. The average Bonchev–Trinajstić information content (AvgIpc) is 3.08. The molecule has 28 heavy (non-hydrogen) atoms. The molecule has 3 rings (SSSR count). The lowest BCUT2D eigenvalue weighted by Gasteiger charge is -2.19. The number of hydrogen-bond donors (Lipinski definition) is 0. The topological polar surface area (TPSA) is 51.7 Å². The molecule has 1 aromatic heterocycles. The van der Waals surface area contributed by atoms with Gasteiger partial charge >= 0.3 is 0 Å². The standard InChI is InChI=1S/C21H21BrN2O3S/c1-12-10-15(22)7-8-16(12)24(3)21(25)19-13(2)23-20(28-19)14-6-9-17(26-4)18(11-14)27-5/h6-11H,1-5H3. The molecule has 0 saturated carbocycles. The number of rotatable bonds is 5. The fourth-order valence-electron chi connectivity index (χ4n) is 2.94. The molecule has 0 spiro atoms. The minimum absolute atomic E-state index is 0.0767. The Hall–Kier alpha value is -2.38. The first-order chi connectivity index (χ1) is 13.3. The van der Waals surface area contributed by atoms with E-state index in [0.29, 0.717) is 22.1 Å². The van der Waals surface area contributed by atoms with Crippen LogP contribution in [0.5, 0.6) is 11.5 Å². The maximum absolute atomic E-state index is 13.1. The van der Waals surface area contributed by atoms with Gasteiger partial charge in [-0.2, -0.15) is 0 Å². The van der Waals surface area contributed by atoms with E-state index in [1.807, 2.05) is 50.2 Å². The smallest absolute Gasteiger partial charge is 0.270 e. The summed E-state index contributed by atoms with van der Waals surface area (Å²) in [4.78, 5) is 20.0. The zero-order valence-corrected chi connectivity index (χ0v) is 18.8. The van der Waals surface area contributed by atoms with E-state index in [2.05, 4.69) is 20.9 Å². The molecule has 0 atom stereocenters. The fourth-order valence-corrected chi connectivity index (χ4v) is 4.46. The van der Waals surface area contributed by atoms with Crippen LogP contribution < -0.4 is 14.4 Å². The Labute approximate surface area is 177 Å². The Kier molecular flexibility index (Phi) is 6.05. The number of ether oxygens (including phenoxy) is 2. The number of hydrogen-bond acceptors (Lipinski definition) is 5. The van der Waals surface area contributed by atoms with Gasteiger partial charge in [-0.3, -0.25) is 4.79 Å². The fraction of sp³-hybridized carbons (Fsp3) is 0.238. The van der Waals surface area contributed by atoms with E-state index in [1.54, 1.807) is 26.2 Å². The third-order valence-electron chi connectivity index (χ3n) is 4.45. The van der Waals surface area contributed by atoms with Gasteiger partial charge in [-0.25, -0.2) is 4.98 Å². The van der Waals surface area contributed by atoms with Crippen molar-refractivity contribution in [2.24, 2.45) is 0 Å². The van der Waals surface area contributed by atoms with E-state index in [4.69, 9.17) is 9.47 Å². The minimum Gasteiger partial charge on any atom is -0.493 e. The van der Waals surface area contributed by atoms with E-state index >= 15 is 0 Å². The molecule has 2 aromatic carbocycles. The summed E-state index contributed by atoms with van der Waals surface area (Å²) < 4.78 is 11.6. The highest BCUT2D eigenvalue weighted by atomic mass is 79.9. The normalized spacial score (nSPS) is 10.6. The predicted octanol–water partition coefficient (Wildman–Crippen LogP) is 5.48. The van der Waals surface area contributed by atoms with E-state index in [0.717, 1.165) is 26.3 Å². The number of thiazole rings is 1. The second kappa shape index (κ2) is 8.32. The molecule has 0 saturated heterocycles. The number of amides is 1. The number of aryl methyl sites for hydroxylation is 2. The van der Waals surface area contributed by atoms with Crippen LogP contribution in [-0.4, -0.2) is 32.2 Å². The maximum Gasteiger partial charge on any atom is 0.270 e. The molecular weight excluding hydrogens is 440 g/mol. The Balaban J connectivity index is 1.94. The van der Waals surface area contributed by atoms with Crippen molar-refractivity contribution in [1.82, 2.24) is 4.98 Å². The molecule has 0 aliphatic heterocycles. The maximum atomic E-state index is 13.1. The van der Waals surface area contributed by atoms with Gasteiger partial charge in [-0.1, -0.05) is 15.9 Å². The molecule has 0 radical (unpaired) electrons. The van der Waals surface area contributed by atoms with Crippen LogP contribution in [0.1, 0.15) is 20.9 Å². The van der Waals surface area contributed by atoms with Crippen LogP contribution in [-0.2, 0) is 0 Å². The quantitative estimate of drug-likeness (QED) is 0.505. The van der Waals surface area contributed by atoms with Crippen LogP contribution in [0.25, 0.3) is 10.6 Å². The van der Waals surface area contributed by atoms with Crippen LogP contribution in [0.2, 0.25) is 0 Å².